The minimum atomic E-state index is -2.97. The molecule has 2 saturated heterocycles. The van der Waals surface area contributed by atoms with Crippen LogP contribution in [0, 0.1) is 11.8 Å². The predicted molar refractivity (Wildman–Crippen MR) is 194 cm³/mol. The highest BCUT2D eigenvalue weighted by Crippen LogP contribution is 2.43. The number of rotatable bonds is 8. The molecule has 0 amide bonds. The van der Waals surface area contributed by atoms with Crippen molar-refractivity contribution in [2.24, 2.45) is 5.73 Å². The first-order chi connectivity index (χ1) is 27.9. The van der Waals surface area contributed by atoms with E-state index in [0.717, 1.165) is 18.2 Å². The van der Waals surface area contributed by atoms with E-state index in [0.29, 0.717) is 5.57 Å². The van der Waals surface area contributed by atoms with Gasteiger partial charge in [0.15, 0.2) is 16.9 Å². The van der Waals surface area contributed by atoms with E-state index in [1.54, 1.807) is 12.2 Å². The van der Waals surface area contributed by atoms with Crippen LogP contribution in [0.25, 0.3) is 22.3 Å². The number of aliphatic hydroxyl groups excluding tert-OH is 7. The van der Waals surface area contributed by atoms with Crippen molar-refractivity contribution in [1.82, 2.24) is 5.32 Å². The summed E-state index contributed by atoms with van der Waals surface area (Å²) in [5.41, 5.74) is -0.603. The summed E-state index contributed by atoms with van der Waals surface area (Å²) in [5, 5.41) is 119. The molecule has 1 spiro atoms. The molecule has 2 bridgehead atoms. The molecule has 11 unspecified atom stereocenters. The molecule has 2 aromatic carbocycles. The second-order valence-corrected chi connectivity index (χ2v) is 14.2. The molecule has 21 nitrogen and oxygen atoms in total. The molecule has 3 aromatic rings. The van der Waals surface area contributed by atoms with Crippen LogP contribution >= 0.6 is 0 Å². The van der Waals surface area contributed by atoms with Crippen molar-refractivity contribution in [1.29, 1.82) is 0 Å². The first kappa shape index (κ1) is 41.4. The Hall–Kier alpha value is -5.77. The minimum absolute atomic E-state index is 0.0712. The highest BCUT2D eigenvalue weighted by Gasteiger charge is 2.64. The monoisotopic (exact) mass is 826 g/mol. The van der Waals surface area contributed by atoms with Gasteiger partial charge in [0.1, 0.15) is 64.9 Å². The zero-order valence-corrected chi connectivity index (χ0v) is 30.3. The van der Waals surface area contributed by atoms with Gasteiger partial charge in [0, 0.05) is 48.1 Å². The Bertz CT molecular complexity index is 2390. The first-order valence-corrected chi connectivity index (χ1v) is 17.8. The van der Waals surface area contributed by atoms with Crippen LogP contribution in [0.1, 0.15) is 17.5 Å². The molecule has 314 valence electrons. The van der Waals surface area contributed by atoms with Crippen molar-refractivity contribution in [3.63, 3.8) is 0 Å². The molecule has 5 heterocycles. The van der Waals surface area contributed by atoms with Crippen molar-refractivity contribution in [2.75, 3.05) is 6.61 Å². The van der Waals surface area contributed by atoms with Crippen LogP contribution in [0.15, 0.2) is 57.4 Å². The standard InChI is InChI=1S/C38H38N2O19/c39-23-3-2-14(13-40-23)8-17-21(12-22-24(26(17)45)18(42)11-20(55-22)16-9-15(4-7-41)25(44)19(43)10-16)56-33-29(48)28(47)32(51)38(59-33)6-1-5-37(35(52)53)31(50)27(46)30(49)34(58-37)57-36(38)54/h2-3,9-13,23,27-34,40-41,43-51H,4,6-8,39H2,(H,52,53). The number of benzene rings is 2. The lowest BCUT2D eigenvalue weighted by molar-refractivity contribution is -0.329. The molecule has 0 radical (unpaired) electrons. The maximum atomic E-state index is 13.9. The van der Waals surface area contributed by atoms with E-state index in [4.69, 9.17) is 29.1 Å². The van der Waals surface area contributed by atoms with Gasteiger partial charge in [0.2, 0.25) is 18.2 Å². The summed E-state index contributed by atoms with van der Waals surface area (Å²) in [6.45, 7) is -0.402. The van der Waals surface area contributed by atoms with Crippen LogP contribution in [0.4, 0.5) is 0 Å². The van der Waals surface area contributed by atoms with Crippen molar-refractivity contribution < 1.29 is 89.1 Å². The van der Waals surface area contributed by atoms with Crippen molar-refractivity contribution in [3.05, 3.63) is 69.5 Å². The number of hydrogen-bond acceptors (Lipinski definition) is 20. The van der Waals surface area contributed by atoms with Crippen LogP contribution in [-0.4, -0.2) is 141 Å². The van der Waals surface area contributed by atoms with E-state index >= 15 is 0 Å². The molecule has 7 rings (SSSR count). The third kappa shape index (κ3) is 7.00. The number of carboxylic acids is 1. The quantitative estimate of drug-likeness (QED) is 0.0602. The number of dihydropyridines is 1. The highest BCUT2D eigenvalue weighted by molar-refractivity contribution is 5.89. The Kier molecular flexibility index (Phi) is 10.8. The number of aromatic hydroxyl groups is 3. The van der Waals surface area contributed by atoms with Crippen LogP contribution in [0.2, 0.25) is 0 Å². The molecule has 4 aliphatic heterocycles. The summed E-state index contributed by atoms with van der Waals surface area (Å²) in [4.78, 5) is 39.9. The van der Waals surface area contributed by atoms with Crippen LogP contribution in [0.3, 0.4) is 0 Å². The molecule has 11 atom stereocenters. The van der Waals surface area contributed by atoms with Crippen molar-refractivity contribution >= 4 is 22.9 Å². The third-order valence-electron chi connectivity index (χ3n) is 10.4. The Balaban J connectivity index is 1.34. The fourth-order valence-electron chi connectivity index (χ4n) is 7.15. The second kappa shape index (κ2) is 15.4. The lowest BCUT2D eigenvalue weighted by Crippen LogP contribution is -2.70. The lowest BCUT2D eigenvalue weighted by atomic mass is 9.83. The van der Waals surface area contributed by atoms with Gasteiger partial charge in [-0.1, -0.05) is 17.9 Å². The molecule has 59 heavy (non-hydrogen) atoms. The van der Waals surface area contributed by atoms with Gasteiger partial charge in [0.05, 0.1) is 12.6 Å². The molecule has 4 aliphatic rings. The number of nitrogens with two attached hydrogens (primary N) is 1. The van der Waals surface area contributed by atoms with Crippen LogP contribution < -0.4 is 21.2 Å². The molecule has 0 aliphatic carbocycles. The van der Waals surface area contributed by atoms with E-state index in [2.05, 4.69) is 17.2 Å². The average molecular weight is 827 g/mol. The fourth-order valence-corrected chi connectivity index (χ4v) is 7.15. The lowest BCUT2D eigenvalue weighted by Gasteiger charge is -2.47. The number of phenolic OH excluding ortho intramolecular Hbond substituents is 3. The van der Waals surface area contributed by atoms with E-state index in [-0.39, 0.29) is 46.3 Å². The zero-order chi connectivity index (χ0) is 42.7. The molecule has 14 N–H and O–H groups in total. The van der Waals surface area contributed by atoms with E-state index in [9.17, 15) is 70.6 Å². The smallest absolute Gasteiger partial charge is 0.351 e. The Morgan fingerprint density at radius 1 is 0.949 bits per heavy atom. The number of nitrogens with one attached hydrogen (secondary N) is 1. The Morgan fingerprint density at radius 3 is 2.36 bits per heavy atom. The number of aliphatic carboxylic acids is 1. The number of fused-ring (bicyclic) bond motifs is 3. The first-order valence-electron chi connectivity index (χ1n) is 17.8. The van der Waals surface area contributed by atoms with Gasteiger partial charge in [-0.15, -0.1) is 0 Å². The number of aliphatic hydroxyl groups is 7. The normalized spacial score (nSPS) is 32.8. The zero-order valence-electron chi connectivity index (χ0n) is 30.3. The number of allylic oxidation sites excluding steroid dienone is 2. The van der Waals surface area contributed by atoms with Gasteiger partial charge in [-0.05, 0) is 30.2 Å². The number of ether oxygens (including phenoxy) is 4. The fraction of sp³-hybridized carbons (Fsp3) is 0.395. The maximum Gasteiger partial charge on any atom is 0.351 e. The molecule has 0 saturated carbocycles. The topological polar surface area (TPSA) is 362 Å². The molecular formula is C38H38N2O19. The maximum absolute atomic E-state index is 13.9. The number of carbonyl (C=O) groups excluding carboxylic acids is 1. The number of esters is 1. The molecule has 2 fully saturated rings. The Labute approximate surface area is 331 Å². The predicted octanol–water partition coefficient (Wildman–Crippen LogP) is -3.25. The largest absolute Gasteiger partial charge is 0.507 e. The van der Waals surface area contributed by atoms with Gasteiger partial charge >= 0.3 is 11.9 Å². The minimum Gasteiger partial charge on any atom is -0.507 e. The van der Waals surface area contributed by atoms with Crippen LogP contribution in [-0.2, 0) is 36.6 Å². The SMILES string of the molecule is NC1C=CC(Cc2c(OC3OC4(CC#CC5(C(=O)O)OC(OC4=O)C(O)C(O)C5O)C(O)C(O)C3O)cc3oc(-c4cc(O)c(O)c(CCO)c4)cc(=O)c3c2O)=CN1. The number of phenols is 3. The van der Waals surface area contributed by atoms with Gasteiger partial charge < -0.3 is 90.6 Å². The Morgan fingerprint density at radius 2 is 1.68 bits per heavy atom. The third-order valence-corrected chi connectivity index (χ3v) is 10.4. The highest BCUT2D eigenvalue weighted by atomic mass is 16.8. The summed E-state index contributed by atoms with van der Waals surface area (Å²) >= 11 is 0. The molecule has 1 aromatic heterocycles. The van der Waals surface area contributed by atoms with Gasteiger partial charge in [0.25, 0.3) is 5.60 Å². The average Bonchev–Trinajstić information content (AvgIpc) is 3.25. The van der Waals surface area contributed by atoms with Gasteiger partial charge in [-0.25, -0.2) is 9.59 Å². The second-order valence-electron chi connectivity index (χ2n) is 14.2. The van der Waals surface area contributed by atoms with Gasteiger partial charge in [-0.2, -0.15) is 0 Å². The summed E-state index contributed by atoms with van der Waals surface area (Å²) in [5.74, 6) is -1.65. The summed E-state index contributed by atoms with van der Waals surface area (Å²) in [7, 11) is 0. The summed E-state index contributed by atoms with van der Waals surface area (Å²) < 4.78 is 28.3. The summed E-state index contributed by atoms with van der Waals surface area (Å²) in [6.07, 6.45) is -15.6. The van der Waals surface area contributed by atoms with E-state index in [1.807, 2.05) is 0 Å². The van der Waals surface area contributed by atoms with E-state index < -0.39 is 120 Å². The number of hydrogen-bond donors (Lipinski definition) is 13. The van der Waals surface area contributed by atoms with Gasteiger partial charge in [-0.3, -0.25) is 4.79 Å². The van der Waals surface area contributed by atoms with E-state index in [1.165, 1.54) is 12.3 Å². The van der Waals surface area contributed by atoms with Crippen molar-refractivity contribution in [3.8, 4) is 46.2 Å². The molecule has 21 heteroatoms. The number of carboxylic acid groups (broad SMARTS) is 1. The van der Waals surface area contributed by atoms with Crippen LogP contribution in [0.5, 0.6) is 23.0 Å². The molecular weight excluding hydrogens is 788 g/mol. The summed E-state index contributed by atoms with van der Waals surface area (Å²) in [6, 6.07) is 4.53. The number of carbonyl (C=O) groups is 2. The van der Waals surface area contributed by atoms with Crippen molar-refractivity contribution in [2.45, 2.75) is 85.8 Å².